The Morgan fingerprint density at radius 3 is 2.32 bits per heavy atom. The summed E-state index contributed by atoms with van der Waals surface area (Å²) in [6.45, 7) is 8.56. The molecule has 134 valence electrons. The van der Waals surface area contributed by atoms with Crippen molar-refractivity contribution in [3.63, 3.8) is 0 Å². The van der Waals surface area contributed by atoms with Gasteiger partial charge in [0.25, 0.3) is 0 Å². The molecule has 0 saturated heterocycles. The highest BCUT2D eigenvalue weighted by molar-refractivity contribution is 5.81. The van der Waals surface area contributed by atoms with Crippen LogP contribution in [0.2, 0.25) is 0 Å². The molecule has 0 aliphatic heterocycles. The predicted molar refractivity (Wildman–Crippen MR) is 102 cm³/mol. The Morgan fingerprint density at radius 2 is 1.68 bits per heavy atom. The molecule has 2 atom stereocenters. The van der Waals surface area contributed by atoms with E-state index in [1.807, 2.05) is 45.0 Å². The van der Waals surface area contributed by atoms with Gasteiger partial charge in [0.15, 0.2) is 0 Å². The van der Waals surface area contributed by atoms with E-state index < -0.39 is 0 Å². The number of benzene rings is 2. The molecule has 0 bridgehead atoms. The van der Waals surface area contributed by atoms with Crippen molar-refractivity contribution in [1.29, 1.82) is 0 Å². The maximum absolute atomic E-state index is 12.4. The molecule has 0 aliphatic carbocycles. The lowest BCUT2D eigenvalue weighted by Gasteiger charge is -2.22. The van der Waals surface area contributed by atoms with Crippen molar-refractivity contribution in [2.75, 3.05) is 7.11 Å². The number of amides is 1. The second-order valence-corrected chi connectivity index (χ2v) is 6.56. The molecule has 0 saturated carbocycles. The van der Waals surface area contributed by atoms with Gasteiger partial charge < -0.3 is 10.1 Å². The molecule has 1 amide bonds. The van der Waals surface area contributed by atoms with E-state index >= 15 is 0 Å². The van der Waals surface area contributed by atoms with Gasteiger partial charge in [0, 0.05) is 18.2 Å². The van der Waals surface area contributed by atoms with Gasteiger partial charge in [-0.1, -0.05) is 47.5 Å². The molecular formula is C21H28N2O2. The summed E-state index contributed by atoms with van der Waals surface area (Å²) in [7, 11) is 1.67. The van der Waals surface area contributed by atoms with E-state index in [4.69, 9.17) is 4.74 Å². The van der Waals surface area contributed by atoms with Gasteiger partial charge in [-0.05, 0) is 39.3 Å². The van der Waals surface area contributed by atoms with Gasteiger partial charge in [-0.25, -0.2) is 0 Å². The summed E-state index contributed by atoms with van der Waals surface area (Å²) in [6.07, 6.45) is 0. The topological polar surface area (TPSA) is 50.4 Å². The number of hydrogen-bond acceptors (Lipinski definition) is 3. The van der Waals surface area contributed by atoms with Crippen LogP contribution in [0.3, 0.4) is 0 Å². The number of nitrogens with one attached hydrogen (secondary N) is 2. The summed E-state index contributed by atoms with van der Waals surface area (Å²) >= 11 is 0. The highest BCUT2D eigenvalue weighted by atomic mass is 16.5. The fourth-order valence-electron chi connectivity index (χ4n) is 2.78. The van der Waals surface area contributed by atoms with Crippen LogP contribution in [-0.4, -0.2) is 19.1 Å². The Morgan fingerprint density at radius 1 is 1.04 bits per heavy atom. The van der Waals surface area contributed by atoms with E-state index in [9.17, 15) is 4.79 Å². The highest BCUT2D eigenvalue weighted by Gasteiger charge is 2.18. The SMILES string of the molecule is COc1ccc(C)cc1C(C)NC(C)C(=O)NCc1ccc(C)cc1. The normalized spacial score (nSPS) is 13.2. The summed E-state index contributed by atoms with van der Waals surface area (Å²) in [5.74, 6) is 0.817. The average molecular weight is 340 g/mol. The Kier molecular flexibility index (Phi) is 6.59. The Bertz CT molecular complexity index is 710. The quantitative estimate of drug-likeness (QED) is 0.808. The van der Waals surface area contributed by atoms with Crippen molar-refractivity contribution in [2.45, 2.75) is 46.3 Å². The molecule has 0 aliphatic rings. The monoisotopic (exact) mass is 340 g/mol. The molecule has 4 nitrogen and oxygen atoms in total. The van der Waals surface area contributed by atoms with Crippen molar-refractivity contribution >= 4 is 5.91 Å². The number of rotatable bonds is 7. The summed E-state index contributed by atoms with van der Waals surface area (Å²) in [5.41, 5.74) is 4.53. The second kappa shape index (κ2) is 8.67. The minimum absolute atomic E-state index is 0.00924. The first-order chi connectivity index (χ1) is 11.9. The fraction of sp³-hybridized carbons (Fsp3) is 0.381. The van der Waals surface area contributed by atoms with Crippen LogP contribution in [0, 0.1) is 13.8 Å². The summed E-state index contributed by atoms with van der Waals surface area (Å²) < 4.78 is 5.44. The van der Waals surface area contributed by atoms with Crippen LogP contribution in [0.25, 0.3) is 0 Å². The molecule has 2 aromatic rings. The van der Waals surface area contributed by atoms with Crippen molar-refractivity contribution < 1.29 is 9.53 Å². The number of ether oxygens (including phenoxy) is 1. The van der Waals surface area contributed by atoms with Gasteiger partial charge in [-0.15, -0.1) is 0 Å². The number of hydrogen-bond donors (Lipinski definition) is 2. The first-order valence-electron chi connectivity index (χ1n) is 8.64. The Balaban J connectivity index is 1.94. The molecule has 2 unspecified atom stereocenters. The fourth-order valence-corrected chi connectivity index (χ4v) is 2.78. The molecule has 0 aromatic heterocycles. The van der Waals surface area contributed by atoms with E-state index in [1.165, 1.54) is 11.1 Å². The zero-order valence-electron chi connectivity index (χ0n) is 15.7. The standard InChI is InChI=1S/C21H28N2O2/c1-14-6-9-18(10-7-14)13-22-21(24)17(4)23-16(3)19-12-15(2)8-11-20(19)25-5/h6-12,16-17,23H,13H2,1-5H3,(H,22,24). The maximum Gasteiger partial charge on any atom is 0.237 e. The number of carbonyl (C=O) groups excluding carboxylic acids is 1. The van der Waals surface area contributed by atoms with Crippen LogP contribution >= 0.6 is 0 Å². The smallest absolute Gasteiger partial charge is 0.237 e. The van der Waals surface area contributed by atoms with Gasteiger partial charge in [0.05, 0.1) is 13.2 Å². The summed E-state index contributed by atoms with van der Waals surface area (Å²) in [6, 6.07) is 14.0. The van der Waals surface area contributed by atoms with Crippen molar-refractivity contribution in [2.24, 2.45) is 0 Å². The number of aryl methyl sites for hydroxylation is 2. The van der Waals surface area contributed by atoms with E-state index in [1.54, 1.807) is 7.11 Å². The predicted octanol–water partition coefficient (Wildman–Crippen LogP) is 3.67. The number of carbonyl (C=O) groups is 1. The van der Waals surface area contributed by atoms with Crippen LogP contribution in [0.5, 0.6) is 5.75 Å². The van der Waals surface area contributed by atoms with Crippen LogP contribution in [0.1, 0.15) is 42.1 Å². The first kappa shape index (κ1) is 19.0. The first-order valence-corrected chi connectivity index (χ1v) is 8.64. The van der Waals surface area contributed by atoms with Crippen molar-refractivity contribution in [3.8, 4) is 5.75 Å². The molecule has 2 N–H and O–H groups in total. The minimum Gasteiger partial charge on any atom is -0.496 e. The average Bonchev–Trinajstić information content (AvgIpc) is 2.60. The third-order valence-electron chi connectivity index (χ3n) is 4.33. The molecule has 0 fully saturated rings. The lowest BCUT2D eigenvalue weighted by atomic mass is 10.0. The van der Waals surface area contributed by atoms with E-state index in [2.05, 4.69) is 35.8 Å². The Labute approximate surface area is 150 Å². The van der Waals surface area contributed by atoms with Gasteiger partial charge in [-0.2, -0.15) is 0 Å². The molecule has 0 heterocycles. The van der Waals surface area contributed by atoms with Crippen LogP contribution in [0.4, 0.5) is 0 Å². The molecule has 2 aromatic carbocycles. The third kappa shape index (κ3) is 5.33. The minimum atomic E-state index is -0.300. The zero-order valence-corrected chi connectivity index (χ0v) is 15.7. The van der Waals surface area contributed by atoms with Crippen molar-refractivity contribution in [1.82, 2.24) is 10.6 Å². The van der Waals surface area contributed by atoms with Gasteiger partial charge in [-0.3, -0.25) is 10.1 Å². The molecule has 25 heavy (non-hydrogen) atoms. The van der Waals surface area contributed by atoms with E-state index in [0.717, 1.165) is 16.9 Å². The second-order valence-electron chi connectivity index (χ2n) is 6.56. The van der Waals surface area contributed by atoms with Gasteiger partial charge in [0.1, 0.15) is 5.75 Å². The lowest BCUT2D eigenvalue weighted by molar-refractivity contribution is -0.123. The van der Waals surface area contributed by atoms with Gasteiger partial charge in [0.2, 0.25) is 5.91 Å². The Hall–Kier alpha value is -2.33. The molecule has 2 rings (SSSR count). The molecule has 0 radical (unpaired) electrons. The zero-order chi connectivity index (χ0) is 18.4. The van der Waals surface area contributed by atoms with Crippen LogP contribution in [-0.2, 0) is 11.3 Å². The van der Waals surface area contributed by atoms with Gasteiger partial charge >= 0.3 is 0 Å². The van der Waals surface area contributed by atoms with E-state index in [-0.39, 0.29) is 18.0 Å². The maximum atomic E-state index is 12.4. The largest absolute Gasteiger partial charge is 0.496 e. The molecular weight excluding hydrogens is 312 g/mol. The highest BCUT2D eigenvalue weighted by Crippen LogP contribution is 2.26. The third-order valence-corrected chi connectivity index (χ3v) is 4.33. The van der Waals surface area contributed by atoms with Crippen molar-refractivity contribution in [3.05, 3.63) is 64.7 Å². The molecule has 0 spiro atoms. The lowest BCUT2D eigenvalue weighted by Crippen LogP contribution is -2.42. The summed E-state index contributed by atoms with van der Waals surface area (Å²) in [5, 5.41) is 6.33. The van der Waals surface area contributed by atoms with Crippen LogP contribution in [0.15, 0.2) is 42.5 Å². The molecule has 4 heteroatoms. The van der Waals surface area contributed by atoms with E-state index in [0.29, 0.717) is 6.54 Å². The van der Waals surface area contributed by atoms with Crippen LogP contribution < -0.4 is 15.4 Å². The number of methoxy groups -OCH3 is 1. The summed E-state index contributed by atoms with van der Waals surface area (Å²) in [4.78, 5) is 12.4.